The van der Waals surface area contributed by atoms with Gasteiger partial charge in [0.2, 0.25) is 0 Å². The van der Waals surface area contributed by atoms with Crippen LogP contribution < -0.4 is 10.6 Å². The summed E-state index contributed by atoms with van der Waals surface area (Å²) in [6, 6.07) is 9.30. The van der Waals surface area contributed by atoms with Gasteiger partial charge in [-0.1, -0.05) is 32.0 Å². The zero-order valence-electron chi connectivity index (χ0n) is 11.2. The molecular weight excluding hydrogens is 208 g/mol. The van der Waals surface area contributed by atoms with Crippen LogP contribution in [-0.2, 0) is 6.42 Å². The van der Waals surface area contributed by atoms with Gasteiger partial charge in [0, 0.05) is 23.8 Å². The van der Waals surface area contributed by atoms with E-state index in [0.717, 1.165) is 25.8 Å². The van der Waals surface area contributed by atoms with Gasteiger partial charge in [0.15, 0.2) is 0 Å². The van der Waals surface area contributed by atoms with Gasteiger partial charge in [0.05, 0.1) is 0 Å². The number of hydrogen-bond acceptors (Lipinski definition) is 2. The van der Waals surface area contributed by atoms with E-state index in [1.165, 1.54) is 11.3 Å². The van der Waals surface area contributed by atoms with Crippen molar-refractivity contribution in [2.75, 3.05) is 11.4 Å². The Bertz CT molecular complexity index is 382. The Balaban J connectivity index is 2.22. The summed E-state index contributed by atoms with van der Waals surface area (Å²) in [6.07, 6.45) is 3.23. The van der Waals surface area contributed by atoms with Crippen molar-refractivity contribution in [2.24, 2.45) is 5.73 Å². The third-order valence-electron chi connectivity index (χ3n) is 4.24. The van der Waals surface area contributed by atoms with Crippen molar-refractivity contribution in [3.63, 3.8) is 0 Å². The molecule has 2 nitrogen and oxygen atoms in total. The molecule has 1 atom stereocenters. The smallest absolute Gasteiger partial charge is 0.0402 e. The average Bonchev–Trinajstić information content (AvgIpc) is 2.66. The van der Waals surface area contributed by atoms with Gasteiger partial charge in [-0.2, -0.15) is 0 Å². The van der Waals surface area contributed by atoms with Crippen molar-refractivity contribution in [3.8, 4) is 0 Å². The second-order valence-corrected chi connectivity index (χ2v) is 5.38. The molecule has 2 rings (SSSR count). The molecule has 0 fully saturated rings. The van der Waals surface area contributed by atoms with E-state index in [-0.39, 0.29) is 5.54 Å². The molecule has 1 aromatic carbocycles. The first kappa shape index (κ1) is 12.4. The predicted molar refractivity (Wildman–Crippen MR) is 74.5 cm³/mol. The molecule has 0 aliphatic carbocycles. The minimum absolute atomic E-state index is 0.0499. The highest BCUT2D eigenvalue weighted by atomic mass is 15.2. The fraction of sp³-hybridized carbons (Fsp3) is 0.600. The molecule has 2 heteroatoms. The summed E-state index contributed by atoms with van der Waals surface area (Å²) in [5.74, 6) is 0. The van der Waals surface area contributed by atoms with Gasteiger partial charge in [0.25, 0.3) is 0 Å². The van der Waals surface area contributed by atoms with Gasteiger partial charge in [0.1, 0.15) is 0 Å². The second kappa shape index (κ2) is 4.69. The van der Waals surface area contributed by atoms with E-state index in [9.17, 15) is 0 Å². The Kier molecular flexibility index (Phi) is 3.43. The van der Waals surface area contributed by atoms with Crippen LogP contribution in [0.15, 0.2) is 24.3 Å². The van der Waals surface area contributed by atoms with Crippen LogP contribution in [0.25, 0.3) is 0 Å². The van der Waals surface area contributed by atoms with Gasteiger partial charge in [-0.15, -0.1) is 0 Å². The molecule has 0 aromatic heterocycles. The first-order valence-corrected chi connectivity index (χ1v) is 6.73. The molecule has 1 heterocycles. The number of para-hydroxylation sites is 1. The first-order chi connectivity index (χ1) is 8.09. The molecule has 1 unspecified atom stereocenters. The Morgan fingerprint density at radius 1 is 1.29 bits per heavy atom. The first-order valence-electron chi connectivity index (χ1n) is 6.73. The zero-order chi connectivity index (χ0) is 12.5. The third kappa shape index (κ3) is 2.32. The summed E-state index contributed by atoms with van der Waals surface area (Å²) < 4.78 is 0. The van der Waals surface area contributed by atoms with Gasteiger partial charge in [-0.05, 0) is 37.8 Å². The molecule has 0 spiro atoms. The van der Waals surface area contributed by atoms with Crippen LogP contribution in [-0.4, -0.2) is 18.1 Å². The Hall–Kier alpha value is -1.02. The summed E-state index contributed by atoms with van der Waals surface area (Å²) in [6.45, 7) is 7.65. The standard InChI is InChI=1S/C15H24N2/c1-4-15(16,5-2)11-17-12(3)10-13-8-6-7-9-14(13)17/h6-9,12H,4-5,10-11,16H2,1-3H3. The fourth-order valence-electron chi connectivity index (χ4n) is 2.68. The molecule has 1 aromatic rings. The van der Waals surface area contributed by atoms with Crippen molar-refractivity contribution < 1.29 is 0 Å². The van der Waals surface area contributed by atoms with Gasteiger partial charge < -0.3 is 10.6 Å². The largest absolute Gasteiger partial charge is 0.366 e. The zero-order valence-corrected chi connectivity index (χ0v) is 11.2. The molecule has 2 N–H and O–H groups in total. The number of hydrogen-bond donors (Lipinski definition) is 1. The molecule has 0 amide bonds. The maximum Gasteiger partial charge on any atom is 0.0402 e. The maximum absolute atomic E-state index is 6.45. The SMILES string of the molecule is CCC(N)(CC)CN1c2ccccc2CC1C. The highest BCUT2D eigenvalue weighted by Gasteiger charge is 2.31. The highest BCUT2D eigenvalue weighted by Crippen LogP contribution is 2.33. The molecule has 1 aliphatic heterocycles. The van der Waals surface area contributed by atoms with Crippen LogP contribution in [0.3, 0.4) is 0 Å². The number of rotatable bonds is 4. The topological polar surface area (TPSA) is 29.3 Å². The summed E-state index contributed by atoms with van der Waals surface area (Å²) in [5.41, 5.74) is 9.26. The highest BCUT2D eigenvalue weighted by molar-refractivity contribution is 5.59. The lowest BCUT2D eigenvalue weighted by Gasteiger charge is -2.36. The van der Waals surface area contributed by atoms with Crippen LogP contribution in [0, 0.1) is 0 Å². The Labute approximate surface area is 105 Å². The monoisotopic (exact) mass is 232 g/mol. The number of fused-ring (bicyclic) bond motifs is 1. The molecule has 17 heavy (non-hydrogen) atoms. The molecule has 0 bridgehead atoms. The van der Waals surface area contributed by atoms with E-state index in [2.05, 4.69) is 49.9 Å². The van der Waals surface area contributed by atoms with E-state index in [1.807, 2.05) is 0 Å². The van der Waals surface area contributed by atoms with Crippen LogP contribution in [0.4, 0.5) is 5.69 Å². The van der Waals surface area contributed by atoms with Crippen LogP contribution in [0.1, 0.15) is 39.2 Å². The minimum Gasteiger partial charge on any atom is -0.366 e. The van der Waals surface area contributed by atoms with Crippen LogP contribution in [0.2, 0.25) is 0 Å². The van der Waals surface area contributed by atoms with E-state index in [1.54, 1.807) is 0 Å². The predicted octanol–water partition coefficient (Wildman–Crippen LogP) is 2.96. The van der Waals surface area contributed by atoms with E-state index in [0.29, 0.717) is 6.04 Å². The molecule has 1 aliphatic rings. The van der Waals surface area contributed by atoms with E-state index < -0.39 is 0 Å². The average molecular weight is 232 g/mol. The number of nitrogens with two attached hydrogens (primary N) is 1. The van der Waals surface area contributed by atoms with Gasteiger partial charge in [-0.25, -0.2) is 0 Å². The molecular formula is C15H24N2. The second-order valence-electron chi connectivity index (χ2n) is 5.38. The number of nitrogens with zero attached hydrogens (tertiary/aromatic N) is 1. The summed E-state index contributed by atoms with van der Waals surface area (Å²) in [7, 11) is 0. The number of benzene rings is 1. The van der Waals surface area contributed by atoms with Crippen LogP contribution >= 0.6 is 0 Å². The number of anilines is 1. The van der Waals surface area contributed by atoms with Crippen molar-refractivity contribution in [2.45, 2.75) is 51.6 Å². The van der Waals surface area contributed by atoms with Crippen molar-refractivity contribution >= 4 is 5.69 Å². The molecule has 94 valence electrons. The summed E-state index contributed by atoms with van der Waals surface area (Å²) in [5, 5.41) is 0. The molecule has 0 radical (unpaired) electrons. The maximum atomic E-state index is 6.45. The lowest BCUT2D eigenvalue weighted by Crippen LogP contribution is -2.51. The van der Waals surface area contributed by atoms with E-state index in [4.69, 9.17) is 5.73 Å². The molecule has 0 saturated carbocycles. The molecule has 0 saturated heterocycles. The fourth-order valence-corrected chi connectivity index (χ4v) is 2.68. The van der Waals surface area contributed by atoms with Crippen molar-refractivity contribution in [1.82, 2.24) is 0 Å². The third-order valence-corrected chi connectivity index (χ3v) is 4.24. The van der Waals surface area contributed by atoms with Gasteiger partial charge >= 0.3 is 0 Å². The minimum atomic E-state index is -0.0499. The van der Waals surface area contributed by atoms with E-state index >= 15 is 0 Å². The van der Waals surface area contributed by atoms with Crippen molar-refractivity contribution in [3.05, 3.63) is 29.8 Å². The normalized spacial score (nSPS) is 19.5. The summed E-state index contributed by atoms with van der Waals surface area (Å²) >= 11 is 0. The van der Waals surface area contributed by atoms with Crippen molar-refractivity contribution in [1.29, 1.82) is 0 Å². The Morgan fingerprint density at radius 3 is 2.59 bits per heavy atom. The lowest BCUT2D eigenvalue weighted by atomic mass is 9.93. The summed E-state index contributed by atoms with van der Waals surface area (Å²) in [4.78, 5) is 2.49. The van der Waals surface area contributed by atoms with Gasteiger partial charge in [-0.3, -0.25) is 0 Å². The van der Waals surface area contributed by atoms with Crippen LogP contribution in [0.5, 0.6) is 0 Å². The Morgan fingerprint density at radius 2 is 1.94 bits per heavy atom. The quantitative estimate of drug-likeness (QED) is 0.865. The lowest BCUT2D eigenvalue weighted by molar-refractivity contribution is 0.385.